The predicted molar refractivity (Wildman–Crippen MR) is 183 cm³/mol. The Balaban J connectivity index is 4.52. The van der Waals surface area contributed by atoms with Crippen molar-refractivity contribution in [2.24, 2.45) is 0 Å². The average Bonchev–Trinajstić information content (AvgIpc) is 2.93. The molecule has 0 saturated heterocycles. The van der Waals surface area contributed by atoms with Gasteiger partial charge in [0.15, 0.2) is 0 Å². The molecule has 0 amide bonds. The van der Waals surface area contributed by atoms with E-state index in [0.29, 0.717) is 25.9 Å². The zero-order valence-electron chi connectivity index (χ0n) is 28.2. The maximum absolute atomic E-state index is 11.2. The molecule has 8 nitrogen and oxygen atoms in total. The van der Waals surface area contributed by atoms with E-state index in [4.69, 9.17) is 9.11 Å². The lowest BCUT2D eigenvalue weighted by Crippen LogP contribution is -2.33. The average molecular weight is 655 g/mol. The molecule has 0 aliphatic carbocycles. The van der Waals surface area contributed by atoms with E-state index < -0.39 is 20.2 Å². The van der Waals surface area contributed by atoms with Gasteiger partial charge in [-0.3, -0.25) is 9.11 Å². The summed E-state index contributed by atoms with van der Waals surface area (Å²) in [4.78, 5) is 4.65. The molecule has 2 N–H and O–H groups in total. The normalized spacial score (nSPS) is 12.6. The number of hydrogen-bond donors (Lipinski definition) is 2. The molecule has 0 bridgehead atoms. The fourth-order valence-electron chi connectivity index (χ4n) is 5.78. The van der Waals surface area contributed by atoms with Crippen molar-refractivity contribution < 1.29 is 25.9 Å². The molecule has 0 radical (unpaired) electrons. The third-order valence-electron chi connectivity index (χ3n) is 8.36. The minimum atomic E-state index is -3.95. The Morgan fingerprint density at radius 3 is 0.860 bits per heavy atom. The smallest absolute Gasteiger partial charge is 0.264 e. The molecule has 0 aromatic rings. The lowest BCUT2D eigenvalue weighted by Gasteiger charge is -2.26. The summed E-state index contributed by atoms with van der Waals surface area (Å²) in [5.41, 5.74) is 0. The Hall–Kier alpha value is -0.260. The first-order valence-corrected chi connectivity index (χ1v) is 21.1. The van der Waals surface area contributed by atoms with Gasteiger partial charge in [0.05, 0.1) is 11.5 Å². The van der Waals surface area contributed by atoms with E-state index in [0.717, 1.165) is 45.4 Å². The Labute approximate surface area is 267 Å². The van der Waals surface area contributed by atoms with Crippen molar-refractivity contribution in [1.29, 1.82) is 0 Å². The molecule has 43 heavy (non-hydrogen) atoms. The van der Waals surface area contributed by atoms with Crippen molar-refractivity contribution in [3.05, 3.63) is 0 Å². The van der Waals surface area contributed by atoms with Gasteiger partial charge >= 0.3 is 0 Å². The van der Waals surface area contributed by atoms with Gasteiger partial charge in [0.1, 0.15) is 0 Å². The summed E-state index contributed by atoms with van der Waals surface area (Å²) in [5.74, 6) is -0.413. The van der Waals surface area contributed by atoms with Gasteiger partial charge in [0.25, 0.3) is 20.2 Å². The summed E-state index contributed by atoms with van der Waals surface area (Å²) in [5, 5.41) is 0. The first kappa shape index (κ1) is 42.7. The van der Waals surface area contributed by atoms with Crippen molar-refractivity contribution in [2.75, 3.05) is 50.8 Å². The lowest BCUT2D eigenvalue weighted by molar-refractivity contribution is 0.220. The van der Waals surface area contributed by atoms with Crippen molar-refractivity contribution >= 4 is 20.2 Å². The Kier molecular flexibility index (Phi) is 29.0. The first-order valence-electron chi connectivity index (χ1n) is 17.9. The summed E-state index contributed by atoms with van der Waals surface area (Å²) in [6.07, 6.45) is 27.3. The molecule has 0 aromatic heterocycles. The van der Waals surface area contributed by atoms with E-state index in [1.54, 1.807) is 0 Å². The molecule has 0 atom stereocenters. The van der Waals surface area contributed by atoms with Gasteiger partial charge in [0, 0.05) is 0 Å². The van der Waals surface area contributed by atoms with Crippen LogP contribution in [0.3, 0.4) is 0 Å². The van der Waals surface area contributed by atoms with Crippen LogP contribution in [0.4, 0.5) is 0 Å². The zero-order chi connectivity index (χ0) is 32.1. The monoisotopic (exact) mass is 654 g/mol. The van der Waals surface area contributed by atoms with Gasteiger partial charge in [-0.05, 0) is 71.4 Å². The molecule has 0 heterocycles. The van der Waals surface area contributed by atoms with Crippen molar-refractivity contribution in [1.82, 2.24) is 9.80 Å². The number of hydrogen-bond acceptors (Lipinski definition) is 6. The highest BCUT2D eigenvalue weighted by Crippen LogP contribution is 2.13. The molecule has 0 rings (SSSR count). The standard InChI is InChI=1S/C33H70N2O6S2/c1-3-5-7-9-11-13-15-17-19-21-26-34(30-24-32-42(36,37)38)28-23-29-35(31-25-33-43(39,40)41)27-22-20-18-16-14-12-10-8-6-4-2/h3-33H2,1-2H3,(H,36,37,38)(H,39,40,41). The summed E-state index contributed by atoms with van der Waals surface area (Å²) < 4.78 is 63.3. The second kappa shape index (κ2) is 29.2. The SMILES string of the molecule is CCCCCCCCCCCCN(CCCN(CCCCCCCCCCCC)CCCS(=O)(=O)O)CCCS(=O)(=O)O. The highest BCUT2D eigenvalue weighted by Gasteiger charge is 2.12. The van der Waals surface area contributed by atoms with E-state index in [9.17, 15) is 16.8 Å². The van der Waals surface area contributed by atoms with Crippen molar-refractivity contribution in [2.45, 2.75) is 162 Å². The molecule has 260 valence electrons. The van der Waals surface area contributed by atoms with Crippen molar-refractivity contribution in [3.8, 4) is 0 Å². The molecule has 0 aliphatic heterocycles. The highest BCUT2D eigenvalue weighted by molar-refractivity contribution is 7.86. The van der Waals surface area contributed by atoms with Gasteiger partial charge in [0.2, 0.25) is 0 Å². The number of unbranched alkanes of at least 4 members (excludes halogenated alkanes) is 18. The molecule has 0 aliphatic rings. The van der Waals surface area contributed by atoms with Crippen LogP contribution in [0.5, 0.6) is 0 Å². The van der Waals surface area contributed by atoms with Crippen LogP contribution >= 0.6 is 0 Å². The zero-order valence-corrected chi connectivity index (χ0v) is 29.8. The van der Waals surface area contributed by atoms with Crippen LogP contribution in [-0.2, 0) is 20.2 Å². The maximum atomic E-state index is 11.2. The number of rotatable bonds is 34. The molecular weight excluding hydrogens is 585 g/mol. The molecule has 0 unspecified atom stereocenters. The van der Waals surface area contributed by atoms with Crippen LogP contribution in [0, 0.1) is 0 Å². The van der Waals surface area contributed by atoms with E-state index in [-0.39, 0.29) is 11.5 Å². The molecule has 0 spiro atoms. The minimum absolute atomic E-state index is 0.206. The first-order chi connectivity index (χ1) is 20.6. The Morgan fingerprint density at radius 2 is 0.581 bits per heavy atom. The van der Waals surface area contributed by atoms with Gasteiger partial charge < -0.3 is 9.80 Å². The second-order valence-corrected chi connectivity index (χ2v) is 15.8. The fraction of sp³-hybridized carbons (Fsp3) is 1.00. The third-order valence-corrected chi connectivity index (χ3v) is 9.97. The Bertz CT molecular complexity index is 742. The van der Waals surface area contributed by atoms with Crippen LogP contribution in [0.1, 0.15) is 162 Å². The van der Waals surface area contributed by atoms with Gasteiger partial charge in [-0.2, -0.15) is 16.8 Å². The lowest BCUT2D eigenvalue weighted by atomic mass is 10.1. The van der Waals surface area contributed by atoms with Crippen LogP contribution < -0.4 is 0 Å². The van der Waals surface area contributed by atoms with E-state index >= 15 is 0 Å². The largest absolute Gasteiger partial charge is 0.303 e. The topological polar surface area (TPSA) is 115 Å². The highest BCUT2D eigenvalue weighted by atomic mass is 32.2. The van der Waals surface area contributed by atoms with Gasteiger partial charge in [-0.25, -0.2) is 0 Å². The van der Waals surface area contributed by atoms with Crippen LogP contribution in [-0.4, -0.2) is 86.5 Å². The fourth-order valence-corrected chi connectivity index (χ4v) is 6.76. The van der Waals surface area contributed by atoms with Gasteiger partial charge in [-0.15, -0.1) is 0 Å². The third kappa shape index (κ3) is 34.5. The number of nitrogens with zero attached hydrogens (tertiary/aromatic N) is 2. The Morgan fingerprint density at radius 1 is 0.349 bits per heavy atom. The maximum Gasteiger partial charge on any atom is 0.264 e. The van der Waals surface area contributed by atoms with Crippen LogP contribution in [0.2, 0.25) is 0 Å². The summed E-state index contributed by atoms with van der Waals surface area (Å²) >= 11 is 0. The van der Waals surface area contributed by atoms with E-state index in [1.807, 2.05) is 0 Å². The molecule has 10 heteroatoms. The second-order valence-electron chi connectivity index (χ2n) is 12.7. The molecule has 0 saturated carbocycles. The predicted octanol–water partition coefficient (Wildman–Crippen LogP) is 8.38. The van der Waals surface area contributed by atoms with Crippen molar-refractivity contribution in [3.63, 3.8) is 0 Å². The summed E-state index contributed by atoms with van der Waals surface area (Å²) in [6, 6.07) is 0. The van der Waals surface area contributed by atoms with E-state index in [2.05, 4.69) is 23.6 Å². The molecule has 0 aromatic carbocycles. The minimum Gasteiger partial charge on any atom is -0.303 e. The summed E-state index contributed by atoms with van der Waals surface area (Å²) in [6.45, 7) is 9.37. The van der Waals surface area contributed by atoms with Gasteiger partial charge in [-0.1, -0.05) is 129 Å². The van der Waals surface area contributed by atoms with Crippen LogP contribution in [0.15, 0.2) is 0 Å². The quantitative estimate of drug-likeness (QED) is 0.0525. The summed E-state index contributed by atoms with van der Waals surface area (Å²) in [7, 11) is -7.90. The van der Waals surface area contributed by atoms with E-state index in [1.165, 1.54) is 116 Å². The van der Waals surface area contributed by atoms with Crippen LogP contribution in [0.25, 0.3) is 0 Å². The molecule has 0 fully saturated rings. The molecular formula is C33H70N2O6S2.